The van der Waals surface area contributed by atoms with Crippen molar-refractivity contribution in [3.8, 4) is 0 Å². The number of hydrogen-bond donors (Lipinski definition) is 0. The van der Waals surface area contributed by atoms with Crippen molar-refractivity contribution in [2.75, 3.05) is 0 Å². The SMILES string of the molecule is CCCCCCCCCCc1c(C)sc2c1sc1c(CCCCCCCCCC)[c]([Sn]([CH2]CCC)([CH2]CCC)[CH2]CCC)sc12. The van der Waals surface area contributed by atoms with Gasteiger partial charge >= 0.3 is 273 Å². The van der Waals surface area contributed by atoms with Crippen LogP contribution < -0.4 is 2.89 Å². The van der Waals surface area contributed by atoms with E-state index >= 15 is 0 Å². The minimum absolute atomic E-state index is 1.31. The van der Waals surface area contributed by atoms with Gasteiger partial charge in [-0.15, -0.1) is 0 Å². The Kier molecular flexibility index (Phi) is 20.3. The predicted octanol–water partition coefficient (Wildman–Crippen LogP) is 15.9. The van der Waals surface area contributed by atoms with Crippen LogP contribution in [0.25, 0.3) is 18.8 Å². The van der Waals surface area contributed by atoms with Crippen LogP contribution in [0.3, 0.4) is 0 Å². The molecule has 0 saturated heterocycles. The van der Waals surface area contributed by atoms with Crippen molar-refractivity contribution in [2.45, 2.75) is 209 Å². The normalized spacial score (nSPS) is 12.4. The van der Waals surface area contributed by atoms with Crippen molar-refractivity contribution >= 4 is 74.1 Å². The van der Waals surface area contributed by atoms with Crippen molar-refractivity contribution in [1.82, 2.24) is 0 Å². The number of unbranched alkanes of at least 4 members (excludes halogenated alkanes) is 17. The number of thiophene rings is 3. The van der Waals surface area contributed by atoms with Crippen LogP contribution in [0.2, 0.25) is 13.3 Å². The van der Waals surface area contributed by atoms with Gasteiger partial charge in [0.15, 0.2) is 0 Å². The van der Waals surface area contributed by atoms with Gasteiger partial charge < -0.3 is 0 Å². The summed E-state index contributed by atoms with van der Waals surface area (Å²) in [6.45, 7) is 14.4. The second-order valence-corrected chi connectivity index (χ2v) is 31.8. The van der Waals surface area contributed by atoms with Gasteiger partial charge in [0.25, 0.3) is 0 Å². The third kappa shape index (κ3) is 12.1. The van der Waals surface area contributed by atoms with Crippen LogP contribution in [0.5, 0.6) is 0 Å². The number of fused-ring (bicyclic) bond motifs is 3. The first-order chi connectivity index (χ1) is 22.1. The Hall–Kier alpha value is 0.419. The summed E-state index contributed by atoms with van der Waals surface area (Å²) in [5.41, 5.74) is 3.64. The first-order valence-corrected chi connectivity index (χ1v) is 30.0. The standard InChI is InChI=1S/C29H45S3.3C4H9.Sn/c1-4-6-8-10-12-14-16-18-20-24-22-30-28-26(24)32-27-25(23(3)31-29(27)28)21-19-17-15-13-11-9-7-5-2;3*1-3-4-2;/h4-21H2,1-3H3;3*1,3-4H2,2H3;. The molecular weight excluding hydrogens is 707 g/mol. The Morgan fingerprint density at radius 1 is 0.378 bits per heavy atom. The van der Waals surface area contributed by atoms with E-state index in [1.807, 2.05) is 5.56 Å². The molecule has 0 aliphatic heterocycles. The van der Waals surface area contributed by atoms with E-state index in [1.54, 1.807) is 42.6 Å². The van der Waals surface area contributed by atoms with Gasteiger partial charge in [-0.3, -0.25) is 0 Å². The van der Waals surface area contributed by atoms with E-state index in [-0.39, 0.29) is 0 Å². The van der Waals surface area contributed by atoms with Crippen LogP contribution in [0, 0.1) is 6.92 Å². The molecule has 0 aliphatic rings. The third-order valence-corrected chi connectivity index (χ3v) is 33.1. The zero-order chi connectivity index (χ0) is 32.3. The summed E-state index contributed by atoms with van der Waals surface area (Å²) in [4.78, 5) is 1.62. The molecule has 3 aromatic heterocycles. The van der Waals surface area contributed by atoms with E-state index in [0.29, 0.717) is 0 Å². The van der Waals surface area contributed by atoms with Crippen molar-refractivity contribution in [1.29, 1.82) is 0 Å². The summed E-state index contributed by atoms with van der Waals surface area (Å²) in [7, 11) is 0. The van der Waals surface area contributed by atoms with Gasteiger partial charge in [-0.2, -0.15) is 0 Å². The Labute approximate surface area is 296 Å². The molecule has 0 unspecified atom stereocenters. The molecule has 0 aromatic carbocycles. The molecule has 45 heavy (non-hydrogen) atoms. The molecule has 0 fully saturated rings. The zero-order valence-electron chi connectivity index (χ0n) is 30.8. The molecule has 0 radical (unpaired) electrons. The zero-order valence-corrected chi connectivity index (χ0v) is 36.1. The van der Waals surface area contributed by atoms with Crippen LogP contribution >= 0.6 is 34.0 Å². The van der Waals surface area contributed by atoms with E-state index in [0.717, 1.165) is 0 Å². The van der Waals surface area contributed by atoms with Gasteiger partial charge in [-0.25, -0.2) is 0 Å². The molecule has 0 amide bonds. The molecular formula is C41H72S3Sn. The molecule has 4 heteroatoms. The first-order valence-electron chi connectivity index (χ1n) is 20.0. The second-order valence-electron chi connectivity index (χ2n) is 14.5. The van der Waals surface area contributed by atoms with Crippen molar-refractivity contribution in [3.63, 3.8) is 0 Å². The quantitative estimate of drug-likeness (QED) is 0.0509. The Balaban J connectivity index is 1.89. The van der Waals surface area contributed by atoms with Crippen LogP contribution in [0.1, 0.15) is 192 Å². The van der Waals surface area contributed by atoms with Crippen molar-refractivity contribution in [2.24, 2.45) is 0 Å². The Bertz CT molecular complexity index is 1160. The minimum atomic E-state index is -2.51. The first kappa shape index (κ1) is 39.9. The molecule has 3 aromatic rings. The summed E-state index contributed by atoms with van der Waals surface area (Å²) in [6.07, 6.45) is 34.0. The van der Waals surface area contributed by atoms with Crippen molar-refractivity contribution < 1.29 is 0 Å². The number of hydrogen-bond acceptors (Lipinski definition) is 3. The van der Waals surface area contributed by atoms with E-state index in [9.17, 15) is 0 Å². The van der Waals surface area contributed by atoms with Gasteiger partial charge in [0.05, 0.1) is 0 Å². The Morgan fingerprint density at radius 3 is 1.22 bits per heavy atom. The topological polar surface area (TPSA) is 0 Å². The fourth-order valence-electron chi connectivity index (χ4n) is 7.70. The van der Waals surface area contributed by atoms with Gasteiger partial charge in [-0.05, 0) is 0 Å². The predicted molar refractivity (Wildman–Crippen MR) is 217 cm³/mol. The van der Waals surface area contributed by atoms with E-state index < -0.39 is 18.4 Å². The molecule has 0 saturated carbocycles. The summed E-state index contributed by atoms with van der Waals surface area (Å²) in [5.74, 6) is 0. The maximum atomic E-state index is 2.44. The fourth-order valence-corrected chi connectivity index (χ4v) is 32.7. The molecule has 3 rings (SSSR count). The van der Waals surface area contributed by atoms with Crippen LogP contribution in [-0.2, 0) is 12.8 Å². The van der Waals surface area contributed by atoms with Crippen LogP contribution in [-0.4, -0.2) is 18.4 Å². The summed E-state index contributed by atoms with van der Waals surface area (Å²) in [5, 5.41) is 0. The summed E-state index contributed by atoms with van der Waals surface area (Å²) >= 11 is 4.28. The van der Waals surface area contributed by atoms with E-state index in [2.05, 4.69) is 78.4 Å². The Morgan fingerprint density at radius 2 is 0.756 bits per heavy atom. The van der Waals surface area contributed by atoms with Crippen LogP contribution in [0.4, 0.5) is 0 Å². The van der Waals surface area contributed by atoms with Crippen LogP contribution in [0.15, 0.2) is 0 Å². The molecule has 0 atom stereocenters. The van der Waals surface area contributed by atoms with Gasteiger partial charge in [0.2, 0.25) is 0 Å². The molecule has 0 spiro atoms. The van der Waals surface area contributed by atoms with E-state index in [4.69, 9.17) is 0 Å². The summed E-state index contributed by atoms with van der Waals surface area (Å²) in [6, 6.07) is 0. The van der Waals surface area contributed by atoms with Gasteiger partial charge in [0, 0.05) is 0 Å². The molecule has 0 aliphatic carbocycles. The van der Waals surface area contributed by atoms with Gasteiger partial charge in [-0.1, -0.05) is 26.2 Å². The fraction of sp³-hybridized carbons (Fsp3) is 0.805. The summed E-state index contributed by atoms with van der Waals surface area (Å²) < 4.78 is 13.8. The third-order valence-electron chi connectivity index (χ3n) is 10.6. The van der Waals surface area contributed by atoms with Gasteiger partial charge in [0.1, 0.15) is 0 Å². The number of aryl methyl sites for hydroxylation is 3. The second kappa shape index (κ2) is 22.9. The molecule has 0 bridgehead atoms. The van der Waals surface area contributed by atoms with E-state index in [1.165, 1.54) is 154 Å². The average molecular weight is 780 g/mol. The monoisotopic (exact) mass is 780 g/mol. The molecule has 0 nitrogen and oxygen atoms in total. The number of rotatable bonds is 28. The molecule has 3 heterocycles. The molecule has 258 valence electrons. The maximum absolute atomic E-state index is 2.51. The van der Waals surface area contributed by atoms with Crippen molar-refractivity contribution in [3.05, 3.63) is 16.0 Å². The molecule has 0 N–H and O–H groups in total. The average Bonchev–Trinajstić information content (AvgIpc) is 3.68.